The van der Waals surface area contributed by atoms with Crippen molar-refractivity contribution >= 4 is 34.4 Å². The number of unbranched alkanes of at least 4 members (excludes halogenated alkanes) is 1. The zero-order valence-electron chi connectivity index (χ0n) is 19.4. The number of nitro groups is 1. The highest BCUT2D eigenvalue weighted by Crippen LogP contribution is 2.40. The lowest BCUT2D eigenvalue weighted by atomic mass is 10.1. The van der Waals surface area contributed by atoms with Crippen molar-refractivity contribution in [1.29, 1.82) is 5.26 Å². The summed E-state index contributed by atoms with van der Waals surface area (Å²) in [5.74, 6) is 0.00635. The average Bonchev–Trinajstić information content (AvgIpc) is 2.82. The number of nitrogens with zero attached hydrogens (tertiary/aromatic N) is 5. The molecule has 0 radical (unpaired) electrons. The van der Waals surface area contributed by atoms with E-state index in [4.69, 9.17) is 5.73 Å². The molecule has 0 aliphatic carbocycles. The monoisotopic (exact) mass is 497 g/mol. The Morgan fingerprint density at radius 2 is 1.89 bits per heavy atom. The van der Waals surface area contributed by atoms with Gasteiger partial charge in [0.2, 0.25) is 0 Å². The van der Waals surface area contributed by atoms with Gasteiger partial charge in [-0.2, -0.15) is 18.4 Å². The molecular formula is C24H22F3N7O2. The molecule has 1 aromatic heterocycles. The summed E-state index contributed by atoms with van der Waals surface area (Å²) >= 11 is 0. The molecule has 0 unspecified atom stereocenters. The Balaban J connectivity index is 2.06. The van der Waals surface area contributed by atoms with Crippen molar-refractivity contribution < 1.29 is 18.1 Å². The van der Waals surface area contributed by atoms with Gasteiger partial charge in [-0.15, -0.1) is 10.2 Å². The lowest BCUT2D eigenvalue weighted by Crippen LogP contribution is -2.06. The summed E-state index contributed by atoms with van der Waals surface area (Å²) in [7, 11) is 0. The summed E-state index contributed by atoms with van der Waals surface area (Å²) < 4.78 is 40.6. The van der Waals surface area contributed by atoms with Crippen LogP contribution in [0.15, 0.2) is 52.7 Å². The number of alkyl halides is 3. The van der Waals surface area contributed by atoms with Gasteiger partial charge in [0.25, 0.3) is 5.69 Å². The third-order valence-corrected chi connectivity index (χ3v) is 5.34. The number of hydrogen-bond acceptors (Lipinski definition) is 8. The number of benzene rings is 2. The summed E-state index contributed by atoms with van der Waals surface area (Å²) in [6.07, 6.45) is -1.87. The quantitative estimate of drug-likeness (QED) is 0.190. The van der Waals surface area contributed by atoms with Crippen molar-refractivity contribution in [3.05, 3.63) is 74.8 Å². The van der Waals surface area contributed by atoms with Crippen molar-refractivity contribution in [3.8, 4) is 6.07 Å². The molecule has 3 aromatic rings. The third-order valence-electron chi connectivity index (χ3n) is 5.34. The second-order valence-electron chi connectivity index (χ2n) is 7.89. The number of halogens is 3. The largest absolute Gasteiger partial charge is 0.418 e. The lowest BCUT2D eigenvalue weighted by Gasteiger charge is -2.13. The first-order valence-corrected chi connectivity index (χ1v) is 10.9. The number of anilines is 3. The molecule has 1 heterocycles. The average molecular weight is 497 g/mol. The van der Waals surface area contributed by atoms with Crippen LogP contribution < -0.4 is 11.1 Å². The van der Waals surface area contributed by atoms with Crippen LogP contribution in [0.25, 0.3) is 0 Å². The number of aromatic nitrogens is 1. The van der Waals surface area contributed by atoms with Crippen molar-refractivity contribution in [1.82, 2.24) is 4.98 Å². The molecule has 0 spiro atoms. The maximum atomic E-state index is 13.5. The molecule has 0 atom stereocenters. The van der Waals surface area contributed by atoms with E-state index in [0.29, 0.717) is 11.8 Å². The maximum absolute atomic E-state index is 13.5. The van der Waals surface area contributed by atoms with E-state index in [-0.39, 0.29) is 28.5 Å². The first kappa shape index (κ1) is 26.1. The second kappa shape index (κ2) is 10.8. The van der Waals surface area contributed by atoms with Crippen LogP contribution in [0.3, 0.4) is 0 Å². The van der Waals surface area contributed by atoms with Crippen LogP contribution >= 0.6 is 0 Å². The predicted octanol–water partition coefficient (Wildman–Crippen LogP) is 7.27. The van der Waals surface area contributed by atoms with Crippen LogP contribution in [0.5, 0.6) is 0 Å². The minimum atomic E-state index is -4.91. The number of nitriles is 1. The zero-order valence-corrected chi connectivity index (χ0v) is 19.4. The molecular weight excluding hydrogens is 475 g/mol. The van der Waals surface area contributed by atoms with Crippen molar-refractivity contribution in [2.75, 3.05) is 11.1 Å². The van der Waals surface area contributed by atoms with Gasteiger partial charge in [-0.25, -0.2) is 4.98 Å². The van der Waals surface area contributed by atoms with Gasteiger partial charge < -0.3 is 11.1 Å². The third kappa shape index (κ3) is 5.93. The van der Waals surface area contributed by atoms with Gasteiger partial charge >= 0.3 is 6.18 Å². The molecule has 2 aromatic carbocycles. The van der Waals surface area contributed by atoms with E-state index in [2.05, 4.69) is 27.5 Å². The highest BCUT2D eigenvalue weighted by Gasteiger charge is 2.35. The molecule has 0 saturated heterocycles. The molecule has 12 heteroatoms. The van der Waals surface area contributed by atoms with Gasteiger partial charge in [-0.1, -0.05) is 25.5 Å². The number of nitrogens with one attached hydrogen (secondary N) is 1. The van der Waals surface area contributed by atoms with E-state index in [1.807, 2.05) is 30.3 Å². The molecule has 36 heavy (non-hydrogen) atoms. The molecule has 0 amide bonds. The first-order chi connectivity index (χ1) is 17.0. The van der Waals surface area contributed by atoms with Gasteiger partial charge in [-0.3, -0.25) is 10.1 Å². The number of azo groups is 1. The number of aryl methyl sites for hydroxylation is 1. The summed E-state index contributed by atoms with van der Waals surface area (Å²) in [6, 6.07) is 11.6. The fourth-order valence-electron chi connectivity index (χ4n) is 3.40. The number of nitrogens with two attached hydrogens (primary N) is 1. The van der Waals surface area contributed by atoms with Crippen LogP contribution in [-0.4, -0.2) is 9.91 Å². The SMILES string of the molecule is CCCCc1ccc(Nc2nc(N)c(C#N)c(C)c2N=Nc2ccc([N+](=O)[O-])cc2C(F)(F)F)cc1. The summed E-state index contributed by atoms with van der Waals surface area (Å²) in [6.45, 7) is 3.62. The minimum Gasteiger partial charge on any atom is -0.383 e. The highest BCUT2D eigenvalue weighted by molar-refractivity contribution is 5.77. The van der Waals surface area contributed by atoms with Crippen LogP contribution in [0.2, 0.25) is 0 Å². The molecule has 3 N–H and O–H groups in total. The van der Waals surface area contributed by atoms with E-state index in [1.165, 1.54) is 6.92 Å². The minimum absolute atomic E-state index is 0.00212. The van der Waals surface area contributed by atoms with Gasteiger partial charge in [0.15, 0.2) is 5.82 Å². The Bertz CT molecular complexity index is 1350. The molecule has 0 saturated carbocycles. The van der Waals surface area contributed by atoms with Gasteiger partial charge in [0, 0.05) is 23.4 Å². The zero-order chi connectivity index (χ0) is 26.5. The molecule has 3 rings (SSSR count). The standard InChI is InChI=1S/C24H22F3N7O2/c1-3-4-5-15-6-8-16(9-7-15)30-23-21(14(2)18(13-28)22(29)31-23)33-32-20-11-10-17(34(35)36)12-19(20)24(25,26)27/h6-12H,3-5H2,1-2H3,(H3,29,30,31). The maximum Gasteiger partial charge on any atom is 0.418 e. The molecule has 0 fully saturated rings. The number of nitrogen functional groups attached to an aromatic ring is 1. The Labute approximate surface area is 204 Å². The normalized spacial score (nSPS) is 11.4. The molecule has 186 valence electrons. The Morgan fingerprint density at radius 1 is 1.19 bits per heavy atom. The molecule has 9 nitrogen and oxygen atoms in total. The number of pyridine rings is 1. The first-order valence-electron chi connectivity index (χ1n) is 10.9. The second-order valence-corrected chi connectivity index (χ2v) is 7.89. The number of non-ortho nitro benzene ring substituents is 1. The van der Waals surface area contributed by atoms with E-state index >= 15 is 0 Å². The van der Waals surface area contributed by atoms with Crippen molar-refractivity contribution in [3.63, 3.8) is 0 Å². The van der Waals surface area contributed by atoms with Crippen LogP contribution in [-0.2, 0) is 12.6 Å². The van der Waals surface area contributed by atoms with Crippen molar-refractivity contribution in [2.45, 2.75) is 39.3 Å². The van der Waals surface area contributed by atoms with Crippen molar-refractivity contribution in [2.24, 2.45) is 10.2 Å². The van der Waals surface area contributed by atoms with E-state index in [9.17, 15) is 28.5 Å². The fraction of sp³-hybridized carbons (Fsp3) is 0.250. The number of nitro benzene ring substituents is 1. The number of rotatable bonds is 8. The molecule has 0 aliphatic rings. The Kier molecular flexibility index (Phi) is 7.83. The predicted molar refractivity (Wildman–Crippen MR) is 129 cm³/mol. The Hall–Kier alpha value is -4.53. The molecule has 0 aliphatic heterocycles. The summed E-state index contributed by atoms with van der Waals surface area (Å²) in [5.41, 5.74) is 5.25. The van der Waals surface area contributed by atoms with Crippen LogP contribution in [0, 0.1) is 28.4 Å². The topological polar surface area (TPSA) is 143 Å². The van der Waals surface area contributed by atoms with E-state index in [1.54, 1.807) is 0 Å². The van der Waals surface area contributed by atoms with Gasteiger partial charge in [0.05, 0.1) is 21.7 Å². The van der Waals surface area contributed by atoms with E-state index in [0.717, 1.165) is 37.0 Å². The van der Waals surface area contributed by atoms with Gasteiger partial charge in [0.1, 0.15) is 17.6 Å². The smallest absolute Gasteiger partial charge is 0.383 e. The summed E-state index contributed by atoms with van der Waals surface area (Å²) in [4.78, 5) is 14.2. The van der Waals surface area contributed by atoms with Gasteiger partial charge in [-0.05, 0) is 43.5 Å². The highest BCUT2D eigenvalue weighted by atomic mass is 19.4. The number of hydrogen-bond donors (Lipinski definition) is 2. The lowest BCUT2D eigenvalue weighted by molar-refractivity contribution is -0.385. The summed E-state index contributed by atoms with van der Waals surface area (Å²) in [5, 5.41) is 31.1. The Morgan fingerprint density at radius 3 is 2.47 bits per heavy atom. The molecule has 0 bridgehead atoms. The fourth-order valence-corrected chi connectivity index (χ4v) is 3.40. The van der Waals surface area contributed by atoms with Crippen LogP contribution in [0.1, 0.15) is 42.0 Å². The van der Waals surface area contributed by atoms with Crippen LogP contribution in [0.4, 0.5) is 47.6 Å². The van der Waals surface area contributed by atoms with E-state index < -0.39 is 28.0 Å².